The van der Waals surface area contributed by atoms with Gasteiger partial charge in [-0.1, -0.05) is 0 Å². The number of nitrogens with zero attached hydrogens (tertiary/aromatic N) is 1. The first-order valence-corrected chi connectivity index (χ1v) is 7.68. The van der Waals surface area contributed by atoms with E-state index in [-0.39, 0.29) is 11.8 Å². The predicted octanol–water partition coefficient (Wildman–Crippen LogP) is 3.47. The van der Waals surface area contributed by atoms with Gasteiger partial charge in [-0.25, -0.2) is 13.8 Å². The van der Waals surface area contributed by atoms with Crippen molar-refractivity contribution in [2.24, 2.45) is 5.92 Å². The maximum Gasteiger partial charge on any atom is 0.228 e. The molecule has 2 aromatic rings. The van der Waals surface area contributed by atoms with Crippen molar-refractivity contribution in [2.45, 2.75) is 12.8 Å². The molecule has 1 aliphatic heterocycles. The highest BCUT2D eigenvalue weighted by Crippen LogP contribution is 2.20. The molecule has 1 aliphatic rings. The minimum atomic E-state index is -0.923. The molecular weight excluding hydrogens is 316 g/mol. The van der Waals surface area contributed by atoms with Crippen LogP contribution in [0.3, 0.4) is 0 Å². The molecule has 1 saturated heterocycles. The van der Waals surface area contributed by atoms with Crippen molar-refractivity contribution in [3.63, 3.8) is 0 Å². The fourth-order valence-electron chi connectivity index (χ4n) is 2.47. The van der Waals surface area contributed by atoms with Gasteiger partial charge in [0.25, 0.3) is 0 Å². The fourth-order valence-corrected chi connectivity index (χ4v) is 2.47. The summed E-state index contributed by atoms with van der Waals surface area (Å²) >= 11 is 0. The molecule has 5 nitrogen and oxygen atoms in total. The number of anilines is 3. The van der Waals surface area contributed by atoms with E-state index in [2.05, 4.69) is 15.6 Å². The second-order valence-corrected chi connectivity index (χ2v) is 5.56. The van der Waals surface area contributed by atoms with Gasteiger partial charge in [0.2, 0.25) is 5.91 Å². The Bertz CT molecular complexity index is 716. The van der Waals surface area contributed by atoms with Crippen LogP contribution in [0.15, 0.2) is 36.5 Å². The topological polar surface area (TPSA) is 63.2 Å². The molecule has 2 heterocycles. The average Bonchev–Trinajstić information content (AvgIpc) is 2.61. The summed E-state index contributed by atoms with van der Waals surface area (Å²) in [4.78, 5) is 16.3. The minimum absolute atomic E-state index is 0.0551. The average molecular weight is 333 g/mol. The molecule has 1 aromatic heterocycles. The van der Waals surface area contributed by atoms with Crippen molar-refractivity contribution >= 4 is 23.1 Å². The van der Waals surface area contributed by atoms with E-state index in [0.717, 1.165) is 12.1 Å². The van der Waals surface area contributed by atoms with Crippen LogP contribution in [-0.2, 0) is 9.53 Å². The number of carbonyl (C=O) groups excluding carboxylic acids is 1. The molecule has 0 bridgehead atoms. The Morgan fingerprint density at radius 1 is 1.08 bits per heavy atom. The number of rotatable bonds is 4. The zero-order valence-electron chi connectivity index (χ0n) is 12.9. The second kappa shape index (κ2) is 7.35. The number of nitrogens with one attached hydrogen (secondary N) is 2. The Morgan fingerprint density at radius 3 is 2.50 bits per heavy atom. The van der Waals surface area contributed by atoms with Gasteiger partial charge >= 0.3 is 0 Å². The van der Waals surface area contributed by atoms with Crippen LogP contribution in [0.4, 0.5) is 26.0 Å². The van der Waals surface area contributed by atoms with Crippen LogP contribution in [0.25, 0.3) is 0 Å². The van der Waals surface area contributed by atoms with Crippen LogP contribution in [0, 0.1) is 17.6 Å². The van der Waals surface area contributed by atoms with Gasteiger partial charge in [0.1, 0.15) is 5.82 Å². The third-order valence-electron chi connectivity index (χ3n) is 3.82. The number of hydrogen-bond donors (Lipinski definition) is 2. The van der Waals surface area contributed by atoms with Crippen molar-refractivity contribution < 1.29 is 18.3 Å². The quantitative estimate of drug-likeness (QED) is 0.899. The highest BCUT2D eigenvalue weighted by molar-refractivity contribution is 5.91. The monoisotopic (exact) mass is 333 g/mol. The fraction of sp³-hybridized carbons (Fsp3) is 0.294. The van der Waals surface area contributed by atoms with Crippen molar-refractivity contribution in [1.82, 2.24) is 4.98 Å². The highest BCUT2D eigenvalue weighted by Gasteiger charge is 2.21. The van der Waals surface area contributed by atoms with E-state index >= 15 is 0 Å². The second-order valence-electron chi connectivity index (χ2n) is 5.56. The molecular formula is C17H17F2N3O2. The molecule has 7 heteroatoms. The summed E-state index contributed by atoms with van der Waals surface area (Å²) < 4.78 is 31.3. The van der Waals surface area contributed by atoms with Crippen molar-refractivity contribution in [3.8, 4) is 0 Å². The standard InChI is InChI=1S/C17H17F2N3O2/c18-14-3-1-12(9-15(14)19)21-13-2-4-16(20-10-13)22-17(23)11-5-7-24-8-6-11/h1-4,9-11,21H,5-8H2,(H,20,22,23). The Kier molecular flexibility index (Phi) is 5.00. The number of halogens is 2. The van der Waals surface area contributed by atoms with Gasteiger partial charge < -0.3 is 15.4 Å². The van der Waals surface area contributed by atoms with Crippen LogP contribution >= 0.6 is 0 Å². The maximum absolute atomic E-state index is 13.2. The van der Waals surface area contributed by atoms with Gasteiger partial charge in [0.15, 0.2) is 11.6 Å². The van der Waals surface area contributed by atoms with E-state index in [1.54, 1.807) is 12.1 Å². The number of ether oxygens (including phenoxy) is 1. The molecule has 3 rings (SSSR count). The van der Waals surface area contributed by atoms with Crippen LogP contribution in [0.1, 0.15) is 12.8 Å². The summed E-state index contributed by atoms with van der Waals surface area (Å²) in [6.45, 7) is 1.20. The van der Waals surface area contributed by atoms with Gasteiger partial charge in [0.05, 0.1) is 11.9 Å². The molecule has 0 unspecified atom stereocenters. The Morgan fingerprint density at radius 2 is 1.83 bits per heavy atom. The minimum Gasteiger partial charge on any atom is -0.381 e. The zero-order chi connectivity index (χ0) is 16.9. The smallest absolute Gasteiger partial charge is 0.228 e. The summed E-state index contributed by atoms with van der Waals surface area (Å²) in [5, 5.41) is 5.69. The number of benzene rings is 1. The number of carbonyl (C=O) groups is 1. The Labute approximate surface area is 138 Å². The number of pyridine rings is 1. The molecule has 0 radical (unpaired) electrons. The van der Waals surface area contributed by atoms with Gasteiger partial charge in [-0.15, -0.1) is 0 Å². The van der Waals surface area contributed by atoms with Crippen LogP contribution in [-0.4, -0.2) is 24.1 Å². The first kappa shape index (κ1) is 16.3. The number of hydrogen-bond acceptors (Lipinski definition) is 4. The number of aromatic nitrogens is 1. The SMILES string of the molecule is O=C(Nc1ccc(Nc2ccc(F)c(F)c2)cn1)C1CCOCC1. The lowest BCUT2D eigenvalue weighted by Gasteiger charge is -2.20. The summed E-state index contributed by atoms with van der Waals surface area (Å²) in [7, 11) is 0. The lowest BCUT2D eigenvalue weighted by atomic mass is 9.99. The summed E-state index contributed by atoms with van der Waals surface area (Å²) in [5.41, 5.74) is 1.01. The van der Waals surface area contributed by atoms with E-state index < -0.39 is 11.6 Å². The molecule has 0 saturated carbocycles. The number of amides is 1. The third-order valence-corrected chi connectivity index (χ3v) is 3.82. The molecule has 0 aliphatic carbocycles. The van der Waals surface area contributed by atoms with E-state index in [1.165, 1.54) is 12.3 Å². The molecule has 24 heavy (non-hydrogen) atoms. The summed E-state index contributed by atoms with van der Waals surface area (Å²) in [6, 6.07) is 6.90. The Hall–Kier alpha value is -2.54. The highest BCUT2D eigenvalue weighted by atomic mass is 19.2. The van der Waals surface area contributed by atoms with Gasteiger partial charge in [-0.05, 0) is 37.1 Å². The normalized spacial score (nSPS) is 15.1. The molecule has 2 N–H and O–H groups in total. The predicted molar refractivity (Wildman–Crippen MR) is 86.1 cm³/mol. The summed E-state index contributed by atoms with van der Waals surface area (Å²) in [5.74, 6) is -1.49. The first-order chi connectivity index (χ1) is 11.6. The molecule has 1 amide bonds. The lowest BCUT2D eigenvalue weighted by molar-refractivity contribution is -0.122. The lowest BCUT2D eigenvalue weighted by Crippen LogP contribution is -2.28. The van der Waals surface area contributed by atoms with E-state index in [0.29, 0.717) is 43.2 Å². The van der Waals surface area contributed by atoms with Crippen LogP contribution < -0.4 is 10.6 Å². The molecule has 1 fully saturated rings. The van der Waals surface area contributed by atoms with E-state index in [4.69, 9.17) is 4.74 Å². The van der Waals surface area contributed by atoms with E-state index in [9.17, 15) is 13.6 Å². The van der Waals surface area contributed by atoms with Gasteiger partial charge in [-0.2, -0.15) is 0 Å². The van der Waals surface area contributed by atoms with Crippen molar-refractivity contribution in [1.29, 1.82) is 0 Å². The largest absolute Gasteiger partial charge is 0.381 e. The molecule has 0 atom stereocenters. The molecule has 126 valence electrons. The van der Waals surface area contributed by atoms with Crippen LogP contribution in [0.2, 0.25) is 0 Å². The summed E-state index contributed by atoms with van der Waals surface area (Å²) in [6.07, 6.45) is 2.93. The third kappa shape index (κ3) is 4.05. The first-order valence-electron chi connectivity index (χ1n) is 7.68. The van der Waals surface area contributed by atoms with Gasteiger partial charge in [0, 0.05) is 30.9 Å². The zero-order valence-corrected chi connectivity index (χ0v) is 12.9. The molecule has 0 spiro atoms. The van der Waals surface area contributed by atoms with Crippen molar-refractivity contribution in [2.75, 3.05) is 23.8 Å². The van der Waals surface area contributed by atoms with Gasteiger partial charge in [-0.3, -0.25) is 4.79 Å². The Balaban J connectivity index is 1.60. The van der Waals surface area contributed by atoms with E-state index in [1.807, 2.05) is 0 Å². The van der Waals surface area contributed by atoms with Crippen LogP contribution in [0.5, 0.6) is 0 Å². The maximum atomic E-state index is 13.2. The molecule has 1 aromatic carbocycles. The van der Waals surface area contributed by atoms with Crippen molar-refractivity contribution in [3.05, 3.63) is 48.2 Å².